The van der Waals surface area contributed by atoms with Crippen LogP contribution in [0.4, 0.5) is 0 Å². The van der Waals surface area contributed by atoms with Crippen LogP contribution in [-0.2, 0) is 16.6 Å². The normalized spacial score (nSPS) is 12.6. The highest BCUT2D eigenvalue weighted by atomic mass is 32.2. The summed E-state index contributed by atoms with van der Waals surface area (Å²) in [6.07, 6.45) is 2.89. The molecule has 9 nitrogen and oxygen atoms in total. The average Bonchev–Trinajstić information content (AvgIpc) is 2.86. The summed E-state index contributed by atoms with van der Waals surface area (Å²) >= 11 is 0. The van der Waals surface area contributed by atoms with E-state index in [1.165, 1.54) is 25.4 Å². The van der Waals surface area contributed by atoms with Crippen LogP contribution in [0, 0.1) is 0 Å². The van der Waals surface area contributed by atoms with Crippen LogP contribution in [-0.4, -0.2) is 31.9 Å². The molecule has 1 aromatic heterocycles. The summed E-state index contributed by atoms with van der Waals surface area (Å²) in [6.45, 7) is 3.63. The second-order valence-corrected chi connectivity index (χ2v) is 9.94. The highest BCUT2D eigenvalue weighted by molar-refractivity contribution is 7.89. The third kappa shape index (κ3) is 6.81. The van der Waals surface area contributed by atoms with E-state index in [1.54, 1.807) is 50.4 Å². The molecule has 1 heterocycles. The molecule has 4 N–H and O–H groups in total. The Bertz CT molecular complexity index is 1340. The maximum Gasteiger partial charge on any atom is 0.270 e. The average molecular weight is 493 g/mol. The summed E-state index contributed by atoms with van der Waals surface area (Å²) in [7, 11) is -2.34. The van der Waals surface area contributed by atoms with E-state index < -0.39 is 15.6 Å². The second-order valence-electron chi connectivity index (χ2n) is 8.25. The third-order valence-corrected chi connectivity index (χ3v) is 6.87. The zero-order chi connectivity index (χ0) is 25.5. The maximum atomic E-state index is 12.9. The van der Waals surface area contributed by atoms with E-state index >= 15 is 0 Å². The van der Waals surface area contributed by atoms with Crippen molar-refractivity contribution < 1.29 is 13.2 Å². The van der Waals surface area contributed by atoms with Gasteiger partial charge in [-0.1, -0.05) is 36.4 Å². The smallest absolute Gasteiger partial charge is 0.270 e. The van der Waals surface area contributed by atoms with Crippen molar-refractivity contribution in [1.82, 2.24) is 15.0 Å². The summed E-state index contributed by atoms with van der Waals surface area (Å²) < 4.78 is 28.4. The Kier molecular flexibility index (Phi) is 8.10. The number of nitrogens with zero attached hydrogens (tertiary/aromatic N) is 3. The van der Waals surface area contributed by atoms with Crippen molar-refractivity contribution in [3.05, 3.63) is 96.1 Å². The molecule has 0 spiro atoms. The molecule has 1 amide bonds. The first-order chi connectivity index (χ1) is 16.6. The molecule has 0 saturated heterocycles. The number of rotatable bonds is 9. The van der Waals surface area contributed by atoms with Gasteiger partial charge in [0.2, 0.25) is 10.0 Å². The van der Waals surface area contributed by atoms with Gasteiger partial charge >= 0.3 is 0 Å². The molecule has 0 unspecified atom stereocenters. The first kappa shape index (κ1) is 25.7. The van der Waals surface area contributed by atoms with Crippen LogP contribution in [0.25, 0.3) is 11.1 Å². The summed E-state index contributed by atoms with van der Waals surface area (Å²) in [5, 5.41) is 10.1. The van der Waals surface area contributed by atoms with Gasteiger partial charge in [-0.15, -0.1) is 0 Å². The summed E-state index contributed by atoms with van der Waals surface area (Å²) in [5.74, 6) is -0.255. The first-order valence-electron chi connectivity index (χ1n) is 10.8. The second kappa shape index (κ2) is 11.0. The predicted octanol–water partition coefficient (Wildman–Crippen LogP) is 3.62. The summed E-state index contributed by atoms with van der Waals surface area (Å²) in [4.78, 5) is 16.4. The Morgan fingerprint density at radius 3 is 2.46 bits per heavy atom. The number of amides is 1. The van der Waals surface area contributed by atoms with E-state index in [9.17, 15) is 13.2 Å². The van der Waals surface area contributed by atoms with Crippen molar-refractivity contribution >= 4 is 15.9 Å². The van der Waals surface area contributed by atoms with Crippen molar-refractivity contribution in [1.29, 1.82) is 0 Å². The van der Waals surface area contributed by atoms with Crippen LogP contribution in [0.2, 0.25) is 0 Å². The molecule has 0 fully saturated rings. The molecule has 3 rings (SSSR count). The van der Waals surface area contributed by atoms with Gasteiger partial charge in [0.1, 0.15) is 5.69 Å². The van der Waals surface area contributed by atoms with Gasteiger partial charge in [-0.25, -0.2) is 8.42 Å². The molecule has 0 aliphatic heterocycles. The predicted molar refractivity (Wildman–Crippen MR) is 135 cm³/mol. The molecule has 0 bridgehead atoms. The number of hydrogen-bond acceptors (Lipinski definition) is 7. The largest absolute Gasteiger partial charge is 0.399 e. The van der Waals surface area contributed by atoms with Crippen molar-refractivity contribution in [3.8, 4) is 11.1 Å². The van der Waals surface area contributed by atoms with Crippen LogP contribution < -0.4 is 15.8 Å². The van der Waals surface area contributed by atoms with Gasteiger partial charge in [0.15, 0.2) is 0 Å². The van der Waals surface area contributed by atoms with Crippen molar-refractivity contribution in [2.45, 2.75) is 30.8 Å². The Morgan fingerprint density at radius 1 is 1.06 bits per heavy atom. The van der Waals surface area contributed by atoms with Crippen molar-refractivity contribution in [2.24, 2.45) is 16.0 Å². The lowest BCUT2D eigenvalue weighted by atomic mass is 10.0. The number of carbonyl (C=O) groups is 1. The number of sulfonamides is 1. The van der Waals surface area contributed by atoms with Gasteiger partial charge in [0.25, 0.3) is 5.91 Å². The summed E-state index contributed by atoms with van der Waals surface area (Å²) in [5.41, 5.74) is 8.12. The van der Waals surface area contributed by atoms with E-state index in [1.807, 2.05) is 24.3 Å². The molecule has 0 radical (unpaired) electrons. The standard InChI is InChI=1S/C25H28N6O3S/c1-25(2,23(26)17-30-27-3)31-35(33,34)21-12-10-19(11-13-21)20-8-6-7-18(15-20)16-29-24(32)22-9-4-5-14-28-22/h4-15,17,31H,16,26H2,1-3H3,(H,29,32)/b23-17-,30-27-. The third-order valence-electron chi connectivity index (χ3n) is 5.20. The summed E-state index contributed by atoms with van der Waals surface area (Å²) in [6, 6.07) is 19.4. The van der Waals surface area contributed by atoms with Crippen molar-refractivity contribution in [3.63, 3.8) is 0 Å². The quantitative estimate of drug-likeness (QED) is 0.392. The van der Waals surface area contributed by atoms with Gasteiger partial charge in [-0.2, -0.15) is 15.0 Å². The van der Waals surface area contributed by atoms with E-state index in [0.717, 1.165) is 16.7 Å². The lowest BCUT2D eigenvalue weighted by Gasteiger charge is -2.26. The van der Waals surface area contributed by atoms with E-state index in [-0.39, 0.29) is 16.5 Å². The molecule has 10 heteroatoms. The minimum Gasteiger partial charge on any atom is -0.399 e. The van der Waals surface area contributed by atoms with Gasteiger partial charge in [-0.3, -0.25) is 9.78 Å². The number of pyridine rings is 1. The lowest BCUT2D eigenvalue weighted by Crippen LogP contribution is -2.47. The van der Waals surface area contributed by atoms with E-state index in [0.29, 0.717) is 12.2 Å². The Morgan fingerprint density at radius 2 is 1.80 bits per heavy atom. The SMILES string of the molecule is C/N=N\C=C(/N)C(C)(C)NS(=O)(=O)c1ccc(-c2cccc(CNC(=O)c3ccccn3)c2)cc1. The van der Waals surface area contributed by atoms with Crippen LogP contribution in [0.5, 0.6) is 0 Å². The van der Waals surface area contributed by atoms with Crippen LogP contribution in [0.1, 0.15) is 29.9 Å². The van der Waals surface area contributed by atoms with Gasteiger partial charge in [0.05, 0.1) is 16.6 Å². The number of hydrogen-bond donors (Lipinski definition) is 3. The molecular formula is C25H28N6O3S. The van der Waals surface area contributed by atoms with E-state index in [4.69, 9.17) is 5.73 Å². The fraction of sp³-hybridized carbons (Fsp3) is 0.200. The van der Waals surface area contributed by atoms with Gasteiger partial charge < -0.3 is 11.1 Å². The number of carbonyl (C=O) groups excluding carboxylic acids is 1. The number of benzene rings is 2. The monoisotopic (exact) mass is 492 g/mol. The van der Waals surface area contributed by atoms with Gasteiger partial charge in [0, 0.05) is 25.5 Å². The molecule has 0 aliphatic rings. The van der Waals surface area contributed by atoms with Gasteiger partial charge in [-0.05, 0) is 60.9 Å². The highest BCUT2D eigenvalue weighted by Crippen LogP contribution is 2.24. The molecule has 182 valence electrons. The van der Waals surface area contributed by atoms with Crippen LogP contribution in [0.15, 0.2) is 99.9 Å². The minimum atomic E-state index is -3.84. The first-order valence-corrected chi connectivity index (χ1v) is 12.3. The number of nitrogens with two attached hydrogens (primary N) is 1. The lowest BCUT2D eigenvalue weighted by molar-refractivity contribution is 0.0946. The minimum absolute atomic E-state index is 0.109. The maximum absolute atomic E-state index is 12.9. The zero-order valence-electron chi connectivity index (χ0n) is 19.8. The Hall–Kier alpha value is -3.89. The Balaban J connectivity index is 1.72. The molecule has 35 heavy (non-hydrogen) atoms. The van der Waals surface area contributed by atoms with E-state index in [2.05, 4.69) is 25.3 Å². The highest BCUT2D eigenvalue weighted by Gasteiger charge is 2.28. The number of aromatic nitrogens is 1. The zero-order valence-corrected chi connectivity index (χ0v) is 20.6. The Labute approximate surface area is 205 Å². The topological polar surface area (TPSA) is 139 Å². The molecular weight excluding hydrogens is 464 g/mol. The molecule has 0 saturated carbocycles. The molecule has 0 aliphatic carbocycles. The fourth-order valence-electron chi connectivity index (χ4n) is 3.19. The number of nitrogens with one attached hydrogen (secondary N) is 2. The van der Waals surface area contributed by atoms with Crippen LogP contribution >= 0.6 is 0 Å². The van der Waals surface area contributed by atoms with Crippen LogP contribution in [0.3, 0.4) is 0 Å². The molecule has 2 aromatic carbocycles. The molecule has 0 atom stereocenters. The number of azo groups is 1. The molecule has 3 aromatic rings. The van der Waals surface area contributed by atoms with Crippen molar-refractivity contribution in [2.75, 3.05) is 7.05 Å². The fourth-order valence-corrected chi connectivity index (χ4v) is 4.59.